The van der Waals surface area contributed by atoms with E-state index >= 15 is 0 Å². The topological polar surface area (TPSA) is 74.5 Å². The van der Waals surface area contributed by atoms with Crippen LogP contribution in [0.15, 0.2) is 34.9 Å². The average Bonchev–Trinajstić information content (AvgIpc) is 3.17. The second kappa shape index (κ2) is 9.50. The molecule has 2 amide bonds. The Kier molecular flexibility index (Phi) is 6.81. The predicted molar refractivity (Wildman–Crippen MR) is 103 cm³/mol. The first-order valence-electron chi connectivity index (χ1n) is 9.74. The number of likely N-dealkylation sites (tertiary alicyclic amines) is 1. The normalized spacial score (nSPS) is 15.6. The lowest BCUT2D eigenvalue weighted by molar-refractivity contribution is 0.131. The molecule has 3 rings (SSSR count). The van der Waals surface area contributed by atoms with Crippen LogP contribution in [0.25, 0.3) is 0 Å². The standard InChI is InChI=1S/C20H29N5O2/c1-3-18-22-19(27-23-18)15-21-20(26)25(17-10-12-24(2)13-11-17)14-9-16-7-5-4-6-8-16/h4-8,17H,3,9-15H2,1-2H3,(H,21,26). The van der Waals surface area contributed by atoms with Gasteiger partial charge in [0.05, 0.1) is 6.54 Å². The van der Waals surface area contributed by atoms with Gasteiger partial charge in [0.25, 0.3) is 0 Å². The number of carbonyl (C=O) groups is 1. The van der Waals surface area contributed by atoms with Gasteiger partial charge in [-0.25, -0.2) is 4.79 Å². The number of rotatable bonds is 7. The first-order chi connectivity index (χ1) is 13.2. The molecule has 0 unspecified atom stereocenters. The van der Waals surface area contributed by atoms with Gasteiger partial charge >= 0.3 is 6.03 Å². The Hall–Kier alpha value is -2.41. The van der Waals surface area contributed by atoms with Crippen molar-refractivity contribution in [1.82, 2.24) is 25.3 Å². The molecule has 1 aromatic heterocycles. The van der Waals surface area contributed by atoms with Crippen molar-refractivity contribution in [2.24, 2.45) is 0 Å². The first-order valence-corrected chi connectivity index (χ1v) is 9.74. The Balaban J connectivity index is 1.61. The summed E-state index contributed by atoms with van der Waals surface area (Å²) < 4.78 is 5.17. The fraction of sp³-hybridized carbons (Fsp3) is 0.550. The van der Waals surface area contributed by atoms with Crippen LogP contribution in [0.5, 0.6) is 0 Å². The highest BCUT2D eigenvalue weighted by Gasteiger charge is 2.27. The molecule has 1 aromatic carbocycles. The Bertz CT molecular complexity index is 710. The molecule has 2 aromatic rings. The van der Waals surface area contributed by atoms with E-state index in [1.807, 2.05) is 30.0 Å². The van der Waals surface area contributed by atoms with E-state index in [1.54, 1.807) is 0 Å². The van der Waals surface area contributed by atoms with Gasteiger partial charge in [-0.2, -0.15) is 4.98 Å². The van der Waals surface area contributed by atoms with E-state index < -0.39 is 0 Å². The summed E-state index contributed by atoms with van der Waals surface area (Å²) in [6.45, 7) is 4.97. The van der Waals surface area contributed by atoms with Gasteiger partial charge in [-0.3, -0.25) is 0 Å². The maximum Gasteiger partial charge on any atom is 0.318 e. The van der Waals surface area contributed by atoms with E-state index in [9.17, 15) is 4.79 Å². The Labute approximate surface area is 160 Å². The minimum Gasteiger partial charge on any atom is -0.337 e. The summed E-state index contributed by atoms with van der Waals surface area (Å²) in [6.07, 6.45) is 3.57. The fourth-order valence-electron chi connectivity index (χ4n) is 3.41. The zero-order valence-electron chi connectivity index (χ0n) is 16.2. The van der Waals surface area contributed by atoms with Gasteiger partial charge in [-0.05, 0) is 45.0 Å². The van der Waals surface area contributed by atoms with E-state index in [0.29, 0.717) is 18.3 Å². The second-order valence-corrected chi connectivity index (χ2v) is 7.08. The highest BCUT2D eigenvalue weighted by atomic mass is 16.5. The molecule has 7 nitrogen and oxygen atoms in total. The largest absolute Gasteiger partial charge is 0.337 e. The Morgan fingerprint density at radius 3 is 2.70 bits per heavy atom. The van der Waals surface area contributed by atoms with Crippen molar-refractivity contribution in [3.8, 4) is 0 Å². The predicted octanol–water partition coefficient (Wildman–Crippen LogP) is 2.48. The molecular formula is C20H29N5O2. The first kappa shape index (κ1) is 19.4. The molecule has 1 N–H and O–H groups in total. The number of carbonyl (C=O) groups excluding carboxylic acids is 1. The van der Waals surface area contributed by atoms with Gasteiger partial charge in [-0.15, -0.1) is 0 Å². The molecule has 1 saturated heterocycles. The van der Waals surface area contributed by atoms with Crippen molar-refractivity contribution >= 4 is 6.03 Å². The molecule has 0 saturated carbocycles. The van der Waals surface area contributed by atoms with Crippen molar-refractivity contribution in [1.29, 1.82) is 0 Å². The SMILES string of the molecule is CCc1noc(CNC(=O)N(CCc2ccccc2)C2CCN(C)CC2)n1. The lowest BCUT2D eigenvalue weighted by Crippen LogP contribution is -2.50. The third kappa shape index (κ3) is 5.53. The smallest absolute Gasteiger partial charge is 0.318 e. The molecule has 2 heterocycles. The third-order valence-corrected chi connectivity index (χ3v) is 5.09. The molecule has 1 aliphatic heterocycles. The monoisotopic (exact) mass is 371 g/mol. The van der Waals surface area contributed by atoms with Crippen LogP contribution in [0.2, 0.25) is 0 Å². The van der Waals surface area contributed by atoms with Crippen LogP contribution in [-0.2, 0) is 19.4 Å². The number of nitrogens with one attached hydrogen (secondary N) is 1. The van der Waals surface area contributed by atoms with Crippen LogP contribution in [-0.4, -0.2) is 58.7 Å². The number of hydrogen-bond acceptors (Lipinski definition) is 5. The van der Waals surface area contributed by atoms with Gasteiger partial charge in [-0.1, -0.05) is 42.4 Å². The van der Waals surface area contributed by atoms with Crippen molar-refractivity contribution in [3.63, 3.8) is 0 Å². The van der Waals surface area contributed by atoms with Crippen LogP contribution in [0.4, 0.5) is 4.79 Å². The third-order valence-electron chi connectivity index (χ3n) is 5.09. The number of aromatic nitrogens is 2. The molecule has 0 atom stereocenters. The fourth-order valence-corrected chi connectivity index (χ4v) is 3.41. The number of nitrogens with zero attached hydrogens (tertiary/aromatic N) is 4. The number of piperidine rings is 1. The van der Waals surface area contributed by atoms with Gasteiger partial charge in [0.2, 0.25) is 5.89 Å². The van der Waals surface area contributed by atoms with Crippen molar-refractivity contribution < 1.29 is 9.32 Å². The van der Waals surface area contributed by atoms with Gasteiger partial charge in [0.1, 0.15) is 0 Å². The molecule has 0 bridgehead atoms. The summed E-state index contributed by atoms with van der Waals surface area (Å²) in [7, 11) is 2.13. The van der Waals surface area contributed by atoms with Crippen LogP contribution < -0.4 is 5.32 Å². The highest BCUT2D eigenvalue weighted by Crippen LogP contribution is 2.17. The number of hydrogen-bond donors (Lipinski definition) is 1. The van der Waals surface area contributed by atoms with E-state index in [4.69, 9.17) is 4.52 Å². The Morgan fingerprint density at radius 2 is 2.04 bits per heavy atom. The maximum absolute atomic E-state index is 12.9. The van der Waals surface area contributed by atoms with Crippen molar-refractivity contribution in [2.75, 3.05) is 26.7 Å². The van der Waals surface area contributed by atoms with Gasteiger partial charge in [0.15, 0.2) is 5.82 Å². The Morgan fingerprint density at radius 1 is 1.30 bits per heavy atom. The van der Waals surface area contributed by atoms with Crippen LogP contribution >= 0.6 is 0 Å². The van der Waals surface area contributed by atoms with E-state index in [2.05, 4.69) is 39.5 Å². The summed E-state index contributed by atoms with van der Waals surface area (Å²) >= 11 is 0. The quantitative estimate of drug-likeness (QED) is 0.809. The van der Waals surface area contributed by atoms with Gasteiger partial charge < -0.3 is 19.6 Å². The van der Waals surface area contributed by atoms with E-state index in [1.165, 1.54) is 5.56 Å². The molecule has 7 heteroatoms. The maximum atomic E-state index is 12.9. The number of aryl methyl sites for hydroxylation is 1. The number of urea groups is 1. The molecule has 1 aliphatic rings. The molecule has 146 valence electrons. The van der Waals surface area contributed by atoms with E-state index in [0.717, 1.165) is 38.8 Å². The number of benzene rings is 1. The lowest BCUT2D eigenvalue weighted by Gasteiger charge is -2.37. The van der Waals surface area contributed by atoms with E-state index in [-0.39, 0.29) is 18.6 Å². The molecule has 0 radical (unpaired) electrons. The molecule has 0 aliphatic carbocycles. The summed E-state index contributed by atoms with van der Waals surface area (Å²) in [5.74, 6) is 1.11. The van der Waals surface area contributed by atoms with Crippen LogP contribution in [0.3, 0.4) is 0 Å². The molecular weight excluding hydrogens is 342 g/mol. The lowest BCUT2D eigenvalue weighted by atomic mass is 10.0. The van der Waals surface area contributed by atoms with Crippen molar-refractivity contribution in [2.45, 2.75) is 45.2 Å². The highest BCUT2D eigenvalue weighted by molar-refractivity contribution is 5.74. The second-order valence-electron chi connectivity index (χ2n) is 7.08. The van der Waals surface area contributed by atoms with Crippen molar-refractivity contribution in [3.05, 3.63) is 47.6 Å². The summed E-state index contributed by atoms with van der Waals surface area (Å²) in [5, 5.41) is 6.83. The van der Waals surface area contributed by atoms with Gasteiger partial charge in [0, 0.05) is 19.0 Å². The minimum atomic E-state index is -0.0586. The summed E-state index contributed by atoms with van der Waals surface area (Å²) in [5.41, 5.74) is 1.24. The summed E-state index contributed by atoms with van der Waals surface area (Å²) in [4.78, 5) is 21.5. The zero-order chi connectivity index (χ0) is 19.1. The number of amides is 2. The summed E-state index contributed by atoms with van der Waals surface area (Å²) in [6, 6.07) is 10.5. The minimum absolute atomic E-state index is 0.0586. The van der Waals surface area contributed by atoms with Crippen LogP contribution in [0.1, 0.15) is 37.0 Å². The average molecular weight is 371 g/mol. The molecule has 27 heavy (non-hydrogen) atoms. The zero-order valence-corrected chi connectivity index (χ0v) is 16.2. The molecule has 0 spiro atoms. The molecule has 1 fully saturated rings. The van der Waals surface area contributed by atoms with Crippen LogP contribution in [0, 0.1) is 0 Å².